The van der Waals surface area contributed by atoms with Crippen LogP contribution in [-0.2, 0) is 21.4 Å². The first-order valence-corrected chi connectivity index (χ1v) is 10.7. The number of pyridine rings is 2. The quantitative estimate of drug-likeness (QED) is 0.752. The largest absolute Gasteiger partial charge is 0.478 e. The Bertz CT molecular complexity index is 897. The number of nitrogens with one attached hydrogen (secondary N) is 1. The molecule has 0 bridgehead atoms. The van der Waals surface area contributed by atoms with E-state index in [1.165, 1.54) is 22.8 Å². The van der Waals surface area contributed by atoms with Crippen LogP contribution in [0.25, 0.3) is 0 Å². The van der Waals surface area contributed by atoms with Crippen molar-refractivity contribution < 1.29 is 17.9 Å². The number of aromatic nitrogens is 2. The SMILES string of the molecule is CCOc1ncccc1CNC(=O)C1CCN(S(=O)(=O)c2cccnc2)CC1. The number of carbonyl (C=O) groups is 1. The summed E-state index contributed by atoms with van der Waals surface area (Å²) in [5.74, 6) is 0.222. The standard InChI is InChI=1S/C19H24N4O4S/c1-2-27-19-16(5-3-10-21-19)13-22-18(24)15-7-11-23(12-8-15)28(25,26)17-6-4-9-20-14-17/h3-6,9-10,14-15H,2,7-8,11-13H2,1H3,(H,22,24). The molecule has 0 aromatic carbocycles. The van der Waals surface area contributed by atoms with Gasteiger partial charge in [0.2, 0.25) is 21.8 Å². The van der Waals surface area contributed by atoms with E-state index in [0.717, 1.165) is 5.56 Å². The molecule has 1 aliphatic rings. The van der Waals surface area contributed by atoms with Gasteiger partial charge in [0.15, 0.2) is 0 Å². The molecular formula is C19H24N4O4S. The minimum absolute atomic E-state index is 0.0790. The maximum Gasteiger partial charge on any atom is 0.244 e. The van der Waals surface area contributed by atoms with E-state index in [4.69, 9.17) is 4.74 Å². The lowest BCUT2D eigenvalue weighted by Gasteiger charge is -2.30. The van der Waals surface area contributed by atoms with Crippen molar-refractivity contribution in [3.05, 3.63) is 48.4 Å². The highest BCUT2D eigenvalue weighted by Crippen LogP contribution is 2.24. The second-order valence-electron chi connectivity index (χ2n) is 6.49. The Morgan fingerprint density at radius 3 is 2.68 bits per heavy atom. The molecule has 0 atom stereocenters. The van der Waals surface area contributed by atoms with E-state index in [0.29, 0.717) is 45.0 Å². The predicted octanol–water partition coefficient (Wildman–Crippen LogP) is 1.59. The number of carbonyl (C=O) groups excluding carboxylic acids is 1. The zero-order chi connectivity index (χ0) is 20.0. The molecule has 1 amide bonds. The van der Waals surface area contributed by atoms with E-state index in [2.05, 4.69) is 15.3 Å². The predicted molar refractivity (Wildman–Crippen MR) is 103 cm³/mol. The second kappa shape index (κ2) is 9.11. The van der Waals surface area contributed by atoms with E-state index in [1.54, 1.807) is 18.3 Å². The van der Waals surface area contributed by atoms with Crippen LogP contribution in [0.2, 0.25) is 0 Å². The van der Waals surface area contributed by atoms with Crippen LogP contribution < -0.4 is 10.1 Å². The summed E-state index contributed by atoms with van der Waals surface area (Å²) in [6.45, 7) is 3.33. The highest BCUT2D eigenvalue weighted by Gasteiger charge is 2.32. The number of hydrogen-bond acceptors (Lipinski definition) is 6. The van der Waals surface area contributed by atoms with Gasteiger partial charge in [-0.15, -0.1) is 0 Å². The summed E-state index contributed by atoms with van der Waals surface area (Å²) >= 11 is 0. The topological polar surface area (TPSA) is 101 Å². The Labute approximate surface area is 165 Å². The number of hydrogen-bond donors (Lipinski definition) is 1. The molecule has 0 saturated carbocycles. The third-order valence-electron chi connectivity index (χ3n) is 4.68. The van der Waals surface area contributed by atoms with Gasteiger partial charge < -0.3 is 10.1 Å². The minimum Gasteiger partial charge on any atom is -0.478 e. The molecule has 28 heavy (non-hydrogen) atoms. The van der Waals surface area contributed by atoms with Gasteiger partial charge in [-0.25, -0.2) is 13.4 Å². The van der Waals surface area contributed by atoms with Crippen molar-refractivity contribution >= 4 is 15.9 Å². The molecule has 0 spiro atoms. The zero-order valence-corrected chi connectivity index (χ0v) is 16.6. The molecule has 0 radical (unpaired) electrons. The molecule has 0 unspecified atom stereocenters. The summed E-state index contributed by atoms with van der Waals surface area (Å²) in [7, 11) is -3.56. The van der Waals surface area contributed by atoms with Gasteiger partial charge in [-0.3, -0.25) is 9.78 Å². The average Bonchev–Trinajstić information content (AvgIpc) is 2.74. The Morgan fingerprint density at radius 2 is 2.00 bits per heavy atom. The van der Waals surface area contributed by atoms with Gasteiger partial charge in [-0.2, -0.15) is 4.31 Å². The van der Waals surface area contributed by atoms with Crippen LogP contribution in [0.1, 0.15) is 25.3 Å². The molecule has 0 aliphatic carbocycles. The fourth-order valence-corrected chi connectivity index (χ4v) is 4.59. The Hall–Kier alpha value is -2.52. The first-order chi connectivity index (χ1) is 13.5. The molecule has 2 aromatic heterocycles. The van der Waals surface area contributed by atoms with Gasteiger partial charge in [-0.1, -0.05) is 6.07 Å². The highest BCUT2D eigenvalue weighted by molar-refractivity contribution is 7.89. The van der Waals surface area contributed by atoms with Gasteiger partial charge in [-0.05, 0) is 38.0 Å². The Balaban J connectivity index is 1.54. The Morgan fingerprint density at radius 1 is 1.25 bits per heavy atom. The third kappa shape index (κ3) is 4.66. The van der Waals surface area contributed by atoms with E-state index < -0.39 is 10.0 Å². The van der Waals surface area contributed by atoms with Crippen molar-refractivity contribution in [2.75, 3.05) is 19.7 Å². The smallest absolute Gasteiger partial charge is 0.244 e. The summed E-state index contributed by atoms with van der Waals surface area (Å²) in [5, 5.41) is 2.92. The molecule has 3 heterocycles. The van der Waals surface area contributed by atoms with Crippen molar-refractivity contribution in [3.8, 4) is 5.88 Å². The first kappa shape index (κ1) is 20.2. The normalized spacial score (nSPS) is 15.9. The van der Waals surface area contributed by atoms with Crippen LogP contribution >= 0.6 is 0 Å². The molecule has 150 valence electrons. The number of piperidine rings is 1. The zero-order valence-electron chi connectivity index (χ0n) is 15.7. The fraction of sp³-hybridized carbons (Fsp3) is 0.421. The summed E-state index contributed by atoms with van der Waals surface area (Å²) in [6.07, 6.45) is 5.49. The molecule has 8 nitrogen and oxygen atoms in total. The van der Waals surface area contributed by atoms with Crippen molar-refractivity contribution in [3.63, 3.8) is 0 Å². The number of nitrogens with zero attached hydrogens (tertiary/aromatic N) is 3. The minimum atomic E-state index is -3.56. The van der Waals surface area contributed by atoms with E-state index >= 15 is 0 Å². The van der Waals surface area contributed by atoms with Crippen LogP contribution in [0, 0.1) is 5.92 Å². The maximum atomic E-state index is 12.6. The lowest BCUT2D eigenvalue weighted by molar-refractivity contribution is -0.126. The molecular weight excluding hydrogens is 380 g/mol. The Kier molecular flexibility index (Phi) is 6.58. The summed E-state index contributed by atoms with van der Waals surface area (Å²) in [6, 6.07) is 6.79. The van der Waals surface area contributed by atoms with E-state index in [9.17, 15) is 13.2 Å². The number of sulfonamides is 1. The lowest BCUT2D eigenvalue weighted by Crippen LogP contribution is -2.42. The monoisotopic (exact) mass is 404 g/mol. The highest BCUT2D eigenvalue weighted by atomic mass is 32.2. The first-order valence-electron chi connectivity index (χ1n) is 9.27. The summed E-state index contributed by atoms with van der Waals surface area (Å²) < 4.78 is 32.2. The van der Waals surface area contributed by atoms with Gasteiger partial charge in [0, 0.05) is 49.7 Å². The lowest BCUT2D eigenvalue weighted by atomic mass is 9.97. The van der Waals surface area contributed by atoms with Crippen molar-refractivity contribution in [1.82, 2.24) is 19.6 Å². The van der Waals surface area contributed by atoms with Gasteiger partial charge in [0.05, 0.1) is 6.61 Å². The van der Waals surface area contributed by atoms with Crippen LogP contribution in [0.3, 0.4) is 0 Å². The van der Waals surface area contributed by atoms with Crippen LogP contribution in [-0.4, -0.2) is 48.3 Å². The second-order valence-corrected chi connectivity index (χ2v) is 8.42. The molecule has 1 N–H and O–H groups in total. The maximum absolute atomic E-state index is 12.6. The molecule has 1 saturated heterocycles. The summed E-state index contributed by atoms with van der Waals surface area (Å²) in [4.78, 5) is 20.7. The van der Waals surface area contributed by atoms with Crippen molar-refractivity contribution in [2.24, 2.45) is 5.92 Å². The number of ether oxygens (including phenoxy) is 1. The van der Waals surface area contributed by atoms with E-state index in [1.807, 2.05) is 13.0 Å². The van der Waals surface area contributed by atoms with Crippen LogP contribution in [0.4, 0.5) is 0 Å². The van der Waals surface area contributed by atoms with Crippen LogP contribution in [0.5, 0.6) is 5.88 Å². The van der Waals surface area contributed by atoms with Crippen molar-refractivity contribution in [1.29, 1.82) is 0 Å². The van der Waals surface area contributed by atoms with Crippen molar-refractivity contribution in [2.45, 2.75) is 31.2 Å². The van der Waals surface area contributed by atoms with E-state index in [-0.39, 0.29) is 16.7 Å². The molecule has 3 rings (SSSR count). The average molecular weight is 404 g/mol. The van der Waals surface area contributed by atoms with Gasteiger partial charge in [0.25, 0.3) is 0 Å². The number of amides is 1. The van der Waals surface area contributed by atoms with Gasteiger partial charge in [0.1, 0.15) is 4.90 Å². The molecule has 1 fully saturated rings. The molecule has 1 aliphatic heterocycles. The molecule has 2 aromatic rings. The third-order valence-corrected chi connectivity index (χ3v) is 6.56. The number of rotatable bonds is 7. The fourth-order valence-electron chi connectivity index (χ4n) is 3.16. The van der Waals surface area contributed by atoms with Gasteiger partial charge >= 0.3 is 0 Å². The van der Waals surface area contributed by atoms with Crippen LogP contribution in [0.15, 0.2) is 47.8 Å². The summed E-state index contributed by atoms with van der Waals surface area (Å²) in [5.41, 5.74) is 0.814. The molecule has 9 heteroatoms.